The molecule has 0 aliphatic rings. The Morgan fingerprint density at radius 2 is 1.65 bits per heavy atom. The average molecular weight is 371 g/mol. The van der Waals surface area contributed by atoms with Gasteiger partial charge in [0.1, 0.15) is 24.7 Å². The third-order valence-corrected chi connectivity index (χ3v) is 4.26. The highest BCUT2D eigenvalue weighted by Crippen LogP contribution is 2.29. The van der Waals surface area contributed by atoms with Gasteiger partial charge in [0.15, 0.2) is 0 Å². The van der Waals surface area contributed by atoms with Crippen LogP contribution in [0.4, 0.5) is 0 Å². The summed E-state index contributed by atoms with van der Waals surface area (Å²) in [6.07, 6.45) is 0.482. The van der Waals surface area contributed by atoms with E-state index in [4.69, 9.17) is 26.2 Å². The molecular weight excluding hydrogens is 352 g/mol. The molecule has 0 aromatic heterocycles. The molecule has 0 unspecified atom stereocenters. The summed E-state index contributed by atoms with van der Waals surface area (Å²) >= 11 is 5.85. The fraction of sp³-hybridized carbons (Fsp3) is 0.190. The molecule has 0 radical (unpaired) electrons. The maximum atomic E-state index is 11.0. The van der Waals surface area contributed by atoms with Crippen molar-refractivity contribution in [1.29, 1.82) is 0 Å². The summed E-state index contributed by atoms with van der Waals surface area (Å²) in [5.74, 6) is 0.599. The largest absolute Gasteiger partial charge is 0.490 e. The van der Waals surface area contributed by atoms with Crippen molar-refractivity contribution in [2.24, 2.45) is 0 Å². The number of hydrogen-bond acceptors (Lipinski definition) is 3. The van der Waals surface area contributed by atoms with Crippen LogP contribution in [0.5, 0.6) is 11.5 Å². The molecule has 0 spiro atoms. The Bertz CT molecular complexity index is 890. The number of hydrogen-bond donors (Lipinski definition) is 1. The van der Waals surface area contributed by atoms with Crippen molar-refractivity contribution in [3.63, 3.8) is 0 Å². The third-order valence-electron chi connectivity index (χ3n) is 4.01. The van der Waals surface area contributed by atoms with Gasteiger partial charge in [-0.25, -0.2) is 0 Å². The van der Waals surface area contributed by atoms with Crippen LogP contribution < -0.4 is 9.47 Å². The molecule has 0 saturated carbocycles. The second kappa shape index (κ2) is 8.59. The number of rotatable bonds is 8. The minimum absolute atomic E-state index is 0.0612. The molecule has 134 valence electrons. The van der Waals surface area contributed by atoms with Gasteiger partial charge >= 0.3 is 5.97 Å². The van der Waals surface area contributed by atoms with Crippen LogP contribution in [0.3, 0.4) is 0 Å². The summed E-state index contributed by atoms with van der Waals surface area (Å²) in [7, 11) is 0. The van der Waals surface area contributed by atoms with E-state index < -0.39 is 5.97 Å². The highest BCUT2D eigenvalue weighted by molar-refractivity contribution is 6.30. The standard InChI is InChI=1S/C21H19ClO4/c22-16-6-8-17(9-7-16)25-13-14-26-20-11-5-15-3-1-2-4-18(15)19(20)10-12-21(23)24/h1-9,11H,10,12-14H2,(H,23,24). The molecule has 3 aromatic carbocycles. The van der Waals surface area contributed by atoms with Gasteiger partial charge in [-0.1, -0.05) is 41.9 Å². The lowest BCUT2D eigenvalue weighted by Gasteiger charge is -2.14. The van der Waals surface area contributed by atoms with Crippen molar-refractivity contribution in [3.05, 3.63) is 71.2 Å². The number of fused-ring (bicyclic) bond motifs is 1. The maximum absolute atomic E-state index is 11.0. The Balaban J connectivity index is 1.68. The number of carboxylic acids is 1. The van der Waals surface area contributed by atoms with Crippen LogP contribution in [-0.4, -0.2) is 24.3 Å². The van der Waals surface area contributed by atoms with E-state index in [1.807, 2.05) is 36.4 Å². The van der Waals surface area contributed by atoms with Gasteiger partial charge < -0.3 is 14.6 Å². The smallest absolute Gasteiger partial charge is 0.303 e. The number of benzene rings is 3. The Labute approximate surface area is 156 Å². The molecule has 5 heteroatoms. The van der Waals surface area contributed by atoms with E-state index >= 15 is 0 Å². The number of carboxylic acid groups (broad SMARTS) is 1. The fourth-order valence-corrected chi connectivity index (χ4v) is 2.91. The molecular formula is C21H19ClO4. The summed E-state index contributed by atoms with van der Waals surface area (Å²) in [5, 5.41) is 11.8. The first-order valence-corrected chi connectivity index (χ1v) is 8.75. The molecule has 0 aliphatic heterocycles. The summed E-state index contributed by atoms with van der Waals surface area (Å²) < 4.78 is 11.5. The van der Waals surface area contributed by atoms with E-state index in [0.717, 1.165) is 22.1 Å². The van der Waals surface area contributed by atoms with E-state index in [2.05, 4.69) is 0 Å². The van der Waals surface area contributed by atoms with Crippen molar-refractivity contribution >= 4 is 28.3 Å². The lowest BCUT2D eigenvalue weighted by atomic mass is 10.00. The highest BCUT2D eigenvalue weighted by atomic mass is 35.5. The van der Waals surface area contributed by atoms with Crippen molar-refractivity contribution in [2.45, 2.75) is 12.8 Å². The van der Waals surface area contributed by atoms with E-state index in [1.54, 1.807) is 24.3 Å². The summed E-state index contributed by atoms with van der Waals surface area (Å²) in [4.78, 5) is 11.0. The van der Waals surface area contributed by atoms with E-state index in [9.17, 15) is 4.79 Å². The number of carbonyl (C=O) groups is 1. The van der Waals surface area contributed by atoms with Gasteiger partial charge in [0, 0.05) is 17.0 Å². The van der Waals surface area contributed by atoms with Crippen LogP contribution in [-0.2, 0) is 11.2 Å². The zero-order chi connectivity index (χ0) is 18.4. The molecule has 0 bridgehead atoms. The summed E-state index contributed by atoms with van der Waals surface area (Å²) in [6.45, 7) is 0.744. The molecule has 0 heterocycles. The quantitative estimate of drug-likeness (QED) is 0.569. The van der Waals surface area contributed by atoms with E-state index in [0.29, 0.717) is 30.4 Å². The Kier molecular flexibility index (Phi) is 5.97. The van der Waals surface area contributed by atoms with Gasteiger partial charge in [0.05, 0.1) is 0 Å². The van der Waals surface area contributed by atoms with Crippen LogP contribution >= 0.6 is 11.6 Å². The van der Waals surface area contributed by atoms with Gasteiger partial charge in [-0.15, -0.1) is 0 Å². The number of aliphatic carboxylic acids is 1. The van der Waals surface area contributed by atoms with Crippen molar-refractivity contribution < 1.29 is 19.4 Å². The monoisotopic (exact) mass is 370 g/mol. The summed E-state index contributed by atoms with van der Waals surface area (Å²) in [5.41, 5.74) is 0.914. The summed E-state index contributed by atoms with van der Waals surface area (Å²) in [6, 6.07) is 18.9. The number of ether oxygens (including phenoxy) is 2. The molecule has 1 N–H and O–H groups in total. The average Bonchev–Trinajstić information content (AvgIpc) is 2.65. The van der Waals surface area contributed by atoms with Crippen molar-refractivity contribution in [3.8, 4) is 11.5 Å². The predicted octanol–water partition coefficient (Wildman–Crippen LogP) is 4.97. The molecule has 0 fully saturated rings. The van der Waals surface area contributed by atoms with E-state index in [1.165, 1.54) is 0 Å². The van der Waals surface area contributed by atoms with Crippen molar-refractivity contribution in [2.75, 3.05) is 13.2 Å². The molecule has 26 heavy (non-hydrogen) atoms. The van der Waals surface area contributed by atoms with Gasteiger partial charge in [0.2, 0.25) is 0 Å². The second-order valence-electron chi connectivity index (χ2n) is 5.81. The number of halogens is 1. The SMILES string of the molecule is O=C(O)CCc1c(OCCOc2ccc(Cl)cc2)ccc2ccccc12. The number of aryl methyl sites for hydroxylation is 1. The Morgan fingerprint density at radius 1 is 0.923 bits per heavy atom. The normalized spacial score (nSPS) is 10.7. The van der Waals surface area contributed by atoms with Gasteiger partial charge in [-0.2, -0.15) is 0 Å². The lowest BCUT2D eigenvalue weighted by Crippen LogP contribution is -2.10. The van der Waals surface area contributed by atoms with Crippen LogP contribution in [0.2, 0.25) is 5.02 Å². The lowest BCUT2D eigenvalue weighted by molar-refractivity contribution is -0.136. The molecule has 3 aromatic rings. The van der Waals surface area contributed by atoms with E-state index in [-0.39, 0.29) is 6.42 Å². The first-order valence-electron chi connectivity index (χ1n) is 8.37. The zero-order valence-corrected chi connectivity index (χ0v) is 14.9. The maximum Gasteiger partial charge on any atom is 0.303 e. The zero-order valence-electron chi connectivity index (χ0n) is 14.2. The molecule has 0 atom stereocenters. The Hall–Kier alpha value is -2.72. The Morgan fingerprint density at radius 3 is 2.42 bits per heavy atom. The second-order valence-corrected chi connectivity index (χ2v) is 6.24. The van der Waals surface area contributed by atoms with Crippen molar-refractivity contribution in [1.82, 2.24) is 0 Å². The predicted molar refractivity (Wildman–Crippen MR) is 102 cm³/mol. The van der Waals surface area contributed by atoms with Gasteiger partial charge in [-0.05, 0) is 47.5 Å². The van der Waals surface area contributed by atoms with Crippen LogP contribution in [0, 0.1) is 0 Å². The molecule has 4 nitrogen and oxygen atoms in total. The highest BCUT2D eigenvalue weighted by Gasteiger charge is 2.11. The van der Waals surface area contributed by atoms with Gasteiger partial charge in [0.25, 0.3) is 0 Å². The topological polar surface area (TPSA) is 55.8 Å². The van der Waals surface area contributed by atoms with Gasteiger partial charge in [-0.3, -0.25) is 4.79 Å². The first-order chi connectivity index (χ1) is 12.6. The molecule has 0 saturated heterocycles. The fourth-order valence-electron chi connectivity index (χ4n) is 2.78. The third kappa shape index (κ3) is 4.67. The van der Waals surface area contributed by atoms with Crippen LogP contribution in [0.25, 0.3) is 10.8 Å². The minimum atomic E-state index is -0.824. The first kappa shape index (κ1) is 18.1. The van der Waals surface area contributed by atoms with Crippen LogP contribution in [0.1, 0.15) is 12.0 Å². The van der Waals surface area contributed by atoms with Crippen LogP contribution in [0.15, 0.2) is 60.7 Å². The molecule has 3 rings (SSSR count). The molecule has 0 amide bonds. The minimum Gasteiger partial charge on any atom is -0.490 e. The molecule has 0 aliphatic carbocycles.